The van der Waals surface area contributed by atoms with Crippen molar-refractivity contribution in [2.24, 2.45) is 0 Å². The molecule has 0 radical (unpaired) electrons. The van der Waals surface area contributed by atoms with Gasteiger partial charge in [0.05, 0.1) is 0 Å². The quantitative estimate of drug-likeness (QED) is 0.496. The third-order valence-electron chi connectivity index (χ3n) is 4.64. The lowest BCUT2D eigenvalue weighted by Gasteiger charge is -2.19. The van der Waals surface area contributed by atoms with Gasteiger partial charge in [-0.2, -0.15) is 5.26 Å². The van der Waals surface area contributed by atoms with Crippen molar-refractivity contribution < 1.29 is 4.79 Å². The number of benzene rings is 1. The van der Waals surface area contributed by atoms with Crippen molar-refractivity contribution in [3.63, 3.8) is 0 Å². The molecule has 1 amide bonds. The lowest BCUT2D eigenvalue weighted by molar-refractivity contribution is -0.117. The van der Waals surface area contributed by atoms with Crippen molar-refractivity contribution in [1.82, 2.24) is 5.32 Å². The number of hydrogen-bond acceptors (Lipinski definition) is 2. The largest absolute Gasteiger partial charge is 0.349 e. The highest BCUT2D eigenvalue weighted by atomic mass is 16.1. The Balaban J connectivity index is 2.07. The predicted octanol–water partition coefficient (Wildman–Crippen LogP) is 4.73. The predicted molar refractivity (Wildman–Crippen MR) is 98.4 cm³/mol. The first-order chi connectivity index (χ1) is 11.4. The van der Waals surface area contributed by atoms with Gasteiger partial charge in [-0.1, -0.05) is 70.7 Å². The summed E-state index contributed by atoms with van der Waals surface area (Å²) in [6.07, 6.45) is 8.52. The van der Waals surface area contributed by atoms with Gasteiger partial charge in [-0.3, -0.25) is 4.79 Å². The maximum atomic E-state index is 12.4. The van der Waals surface area contributed by atoms with Crippen LogP contribution in [0.15, 0.2) is 29.8 Å². The Kier molecular flexibility index (Phi) is 6.20. The van der Waals surface area contributed by atoms with Crippen LogP contribution in [-0.2, 0) is 10.2 Å². The van der Waals surface area contributed by atoms with Crippen LogP contribution in [0.5, 0.6) is 0 Å². The van der Waals surface area contributed by atoms with Crippen LogP contribution in [0.1, 0.15) is 70.4 Å². The third-order valence-corrected chi connectivity index (χ3v) is 4.64. The van der Waals surface area contributed by atoms with Gasteiger partial charge in [0.2, 0.25) is 0 Å². The average Bonchev–Trinajstić information content (AvgIpc) is 2.80. The van der Waals surface area contributed by atoms with Crippen LogP contribution in [0, 0.1) is 11.3 Å². The lowest BCUT2D eigenvalue weighted by atomic mass is 9.86. The van der Waals surface area contributed by atoms with Crippen LogP contribution in [0.4, 0.5) is 0 Å². The number of rotatable bonds is 3. The van der Waals surface area contributed by atoms with Crippen LogP contribution in [0.3, 0.4) is 0 Å². The van der Waals surface area contributed by atoms with Crippen molar-refractivity contribution in [2.45, 2.75) is 70.8 Å². The second-order valence-electron chi connectivity index (χ2n) is 7.70. The van der Waals surface area contributed by atoms with Gasteiger partial charge in [-0.15, -0.1) is 0 Å². The highest BCUT2D eigenvalue weighted by molar-refractivity contribution is 6.01. The van der Waals surface area contributed by atoms with E-state index >= 15 is 0 Å². The van der Waals surface area contributed by atoms with Crippen molar-refractivity contribution >= 4 is 12.0 Å². The van der Waals surface area contributed by atoms with E-state index in [4.69, 9.17) is 0 Å². The zero-order valence-corrected chi connectivity index (χ0v) is 15.1. The zero-order valence-electron chi connectivity index (χ0n) is 15.1. The number of amides is 1. The van der Waals surface area contributed by atoms with Crippen LogP contribution < -0.4 is 5.32 Å². The number of carbonyl (C=O) groups is 1. The molecule has 128 valence electrons. The summed E-state index contributed by atoms with van der Waals surface area (Å²) in [5.74, 6) is -0.246. The zero-order chi connectivity index (χ0) is 17.6. The third kappa shape index (κ3) is 5.23. The van der Waals surface area contributed by atoms with E-state index in [-0.39, 0.29) is 22.9 Å². The molecule has 1 saturated carbocycles. The van der Waals surface area contributed by atoms with E-state index in [1.807, 2.05) is 18.2 Å². The van der Waals surface area contributed by atoms with E-state index in [0.717, 1.165) is 31.2 Å². The number of nitrogens with zero attached hydrogens (tertiary/aromatic N) is 1. The molecule has 1 aliphatic rings. The normalized spacial score (nSPS) is 17.0. The standard InChI is InChI=1S/C21H28N2O/c1-21(2,3)18-12-10-16(11-13-18)14-17(15-22)20(24)23-19-8-6-4-5-7-9-19/h10-14,19H,4-9H2,1-3H3,(H,23,24)/b17-14+. The summed E-state index contributed by atoms with van der Waals surface area (Å²) in [6.45, 7) is 6.50. The van der Waals surface area contributed by atoms with E-state index in [1.165, 1.54) is 18.4 Å². The van der Waals surface area contributed by atoms with E-state index in [1.54, 1.807) is 6.08 Å². The first kappa shape index (κ1) is 18.3. The van der Waals surface area contributed by atoms with E-state index in [2.05, 4.69) is 38.2 Å². The second kappa shape index (κ2) is 8.15. The molecule has 0 heterocycles. The molecule has 0 atom stereocenters. The smallest absolute Gasteiger partial charge is 0.262 e. The highest BCUT2D eigenvalue weighted by Gasteiger charge is 2.17. The molecule has 0 saturated heterocycles. The molecule has 24 heavy (non-hydrogen) atoms. The Hall–Kier alpha value is -2.08. The minimum absolute atomic E-state index is 0.0944. The molecule has 0 bridgehead atoms. The molecular weight excluding hydrogens is 296 g/mol. The van der Waals surface area contributed by atoms with Gasteiger partial charge >= 0.3 is 0 Å². The van der Waals surface area contributed by atoms with Gasteiger partial charge in [0, 0.05) is 6.04 Å². The van der Waals surface area contributed by atoms with Crippen LogP contribution >= 0.6 is 0 Å². The van der Waals surface area contributed by atoms with Gasteiger partial charge in [0.1, 0.15) is 11.6 Å². The molecule has 1 aromatic carbocycles. The fourth-order valence-electron chi connectivity index (χ4n) is 3.08. The summed E-state index contributed by atoms with van der Waals surface area (Å²) in [7, 11) is 0. The first-order valence-corrected chi connectivity index (χ1v) is 8.93. The van der Waals surface area contributed by atoms with E-state index in [9.17, 15) is 10.1 Å². The van der Waals surface area contributed by atoms with E-state index in [0.29, 0.717) is 0 Å². The summed E-state index contributed by atoms with van der Waals surface area (Å²) in [6, 6.07) is 10.3. The van der Waals surface area contributed by atoms with Crippen molar-refractivity contribution in [2.75, 3.05) is 0 Å². The Labute approximate surface area is 145 Å². The minimum Gasteiger partial charge on any atom is -0.349 e. The van der Waals surface area contributed by atoms with Gasteiger partial charge < -0.3 is 5.32 Å². The number of hydrogen-bond donors (Lipinski definition) is 1. The van der Waals surface area contributed by atoms with Crippen molar-refractivity contribution in [3.8, 4) is 6.07 Å². The number of nitrogens with one attached hydrogen (secondary N) is 1. The monoisotopic (exact) mass is 324 g/mol. The van der Waals surface area contributed by atoms with Gasteiger partial charge in [-0.05, 0) is 35.5 Å². The molecule has 1 N–H and O–H groups in total. The number of carbonyl (C=O) groups excluding carboxylic acids is 1. The fourth-order valence-corrected chi connectivity index (χ4v) is 3.08. The van der Waals surface area contributed by atoms with Crippen LogP contribution in [0.2, 0.25) is 0 Å². The Morgan fingerprint density at radius 3 is 2.21 bits per heavy atom. The summed E-state index contributed by atoms with van der Waals surface area (Å²) in [5, 5.41) is 12.4. The summed E-state index contributed by atoms with van der Waals surface area (Å²) < 4.78 is 0. The highest BCUT2D eigenvalue weighted by Crippen LogP contribution is 2.23. The fraction of sp³-hybridized carbons (Fsp3) is 0.524. The van der Waals surface area contributed by atoms with Gasteiger partial charge in [-0.25, -0.2) is 0 Å². The minimum atomic E-state index is -0.246. The molecule has 1 aliphatic carbocycles. The van der Waals surface area contributed by atoms with Gasteiger partial charge in [0.25, 0.3) is 5.91 Å². The van der Waals surface area contributed by atoms with Gasteiger partial charge in [0.15, 0.2) is 0 Å². The second-order valence-corrected chi connectivity index (χ2v) is 7.70. The van der Waals surface area contributed by atoms with E-state index < -0.39 is 0 Å². The first-order valence-electron chi connectivity index (χ1n) is 8.93. The summed E-state index contributed by atoms with van der Waals surface area (Å²) in [4.78, 5) is 12.4. The van der Waals surface area contributed by atoms with Crippen LogP contribution in [-0.4, -0.2) is 11.9 Å². The van der Waals surface area contributed by atoms with Crippen molar-refractivity contribution in [3.05, 3.63) is 41.0 Å². The molecule has 0 aliphatic heterocycles. The molecule has 2 rings (SSSR count). The maximum absolute atomic E-state index is 12.4. The lowest BCUT2D eigenvalue weighted by Crippen LogP contribution is -2.35. The maximum Gasteiger partial charge on any atom is 0.262 e. The summed E-state index contributed by atoms with van der Waals surface area (Å²) in [5.41, 5.74) is 2.40. The molecule has 1 fully saturated rings. The molecule has 0 unspecified atom stereocenters. The molecule has 3 heteroatoms. The Morgan fingerprint density at radius 2 is 1.71 bits per heavy atom. The molecule has 1 aromatic rings. The Bertz CT molecular complexity index is 621. The molecule has 0 spiro atoms. The summed E-state index contributed by atoms with van der Waals surface area (Å²) >= 11 is 0. The van der Waals surface area contributed by atoms with Crippen LogP contribution in [0.25, 0.3) is 6.08 Å². The van der Waals surface area contributed by atoms with Crippen molar-refractivity contribution in [1.29, 1.82) is 5.26 Å². The SMILES string of the molecule is CC(C)(C)c1ccc(/C=C(\C#N)C(=O)NC2CCCCCC2)cc1. The molecular formula is C21H28N2O. The molecule has 0 aromatic heterocycles. The number of nitriles is 1. The topological polar surface area (TPSA) is 52.9 Å². The molecule has 3 nitrogen and oxygen atoms in total. The average molecular weight is 324 g/mol. The Morgan fingerprint density at radius 1 is 1.12 bits per heavy atom.